The molecule has 1 N–H and O–H groups in total. The van der Waals surface area contributed by atoms with Crippen molar-refractivity contribution >= 4 is 19.7 Å². The maximum atomic E-state index is 12.8. The molecule has 136 valence electrons. The van der Waals surface area contributed by atoms with Crippen LogP contribution in [0.5, 0.6) is 0 Å². The van der Waals surface area contributed by atoms with E-state index in [-0.39, 0.29) is 23.7 Å². The van der Waals surface area contributed by atoms with E-state index in [1.54, 1.807) is 4.90 Å². The molecule has 0 spiro atoms. The molecule has 0 saturated carbocycles. The molecule has 5 nitrogen and oxygen atoms in total. The second-order valence-electron chi connectivity index (χ2n) is 7.03. The molecule has 0 aliphatic carbocycles. The lowest BCUT2D eigenvalue weighted by molar-refractivity contribution is -0.125. The monoisotopic (exact) mass is 352 g/mol. The minimum absolute atomic E-state index is 0.0276. The van der Waals surface area contributed by atoms with Crippen LogP contribution in [-0.2, 0) is 16.1 Å². The summed E-state index contributed by atoms with van der Waals surface area (Å²) < 4.78 is 5.85. The number of rotatable bonds is 6. The van der Waals surface area contributed by atoms with Crippen LogP contribution in [0.25, 0.3) is 0 Å². The molecule has 26 heavy (non-hydrogen) atoms. The van der Waals surface area contributed by atoms with Gasteiger partial charge in [-0.3, -0.25) is 9.59 Å². The van der Waals surface area contributed by atoms with Crippen LogP contribution in [0.4, 0.5) is 0 Å². The fraction of sp³-hybridized carbons (Fsp3) is 0.500. The zero-order valence-electron chi connectivity index (χ0n) is 15.2. The van der Waals surface area contributed by atoms with Gasteiger partial charge in [0.1, 0.15) is 6.04 Å². The van der Waals surface area contributed by atoms with Crippen molar-refractivity contribution in [3.05, 3.63) is 47.7 Å². The van der Waals surface area contributed by atoms with Gasteiger partial charge in [-0.1, -0.05) is 44.3 Å². The summed E-state index contributed by atoms with van der Waals surface area (Å²) in [6.45, 7) is 6.55. The van der Waals surface area contributed by atoms with Crippen molar-refractivity contribution in [3.8, 4) is 0 Å². The summed E-state index contributed by atoms with van der Waals surface area (Å²) in [5, 5.41) is 2.62. The normalized spacial score (nSPS) is 23.4. The Bertz CT molecular complexity index is 698. The topological polar surface area (TPSA) is 58.6 Å². The van der Waals surface area contributed by atoms with Gasteiger partial charge in [0.25, 0.3) is 5.91 Å². The number of carbonyl (C=O) groups excluding carboxylic acids is 2. The number of fused-ring (bicyclic) bond motifs is 1. The molecule has 2 heterocycles. The smallest absolute Gasteiger partial charge is 0.255 e. The maximum absolute atomic E-state index is 12.8. The van der Waals surface area contributed by atoms with E-state index in [9.17, 15) is 9.59 Å². The molecule has 3 rings (SSSR count). The zero-order valence-corrected chi connectivity index (χ0v) is 15.2. The highest BCUT2D eigenvalue weighted by molar-refractivity contribution is 6.11. The third-order valence-electron chi connectivity index (χ3n) is 5.13. The van der Waals surface area contributed by atoms with E-state index in [0.717, 1.165) is 30.4 Å². The molecule has 6 heteroatoms. The van der Waals surface area contributed by atoms with Crippen molar-refractivity contribution in [1.29, 1.82) is 0 Å². The van der Waals surface area contributed by atoms with Crippen molar-refractivity contribution in [2.75, 3.05) is 6.61 Å². The first-order valence-electron chi connectivity index (χ1n) is 9.27. The van der Waals surface area contributed by atoms with Crippen LogP contribution >= 0.6 is 0 Å². The fourth-order valence-electron chi connectivity index (χ4n) is 3.75. The fourth-order valence-corrected chi connectivity index (χ4v) is 3.75. The number of nitrogens with zero attached hydrogens (tertiary/aromatic N) is 1. The first-order valence-corrected chi connectivity index (χ1v) is 9.27. The molecule has 3 atom stereocenters. The van der Waals surface area contributed by atoms with Crippen LogP contribution < -0.4 is 5.32 Å². The van der Waals surface area contributed by atoms with Crippen LogP contribution in [0, 0.1) is 0 Å². The quantitative estimate of drug-likeness (QED) is 0.801. The zero-order chi connectivity index (χ0) is 18.7. The van der Waals surface area contributed by atoms with E-state index in [1.165, 1.54) is 6.20 Å². The van der Waals surface area contributed by atoms with Crippen molar-refractivity contribution in [2.24, 2.45) is 0 Å². The Kier molecular flexibility index (Phi) is 5.82. The van der Waals surface area contributed by atoms with Gasteiger partial charge in [-0.15, -0.1) is 0 Å². The van der Waals surface area contributed by atoms with Crippen LogP contribution in [-0.4, -0.2) is 37.2 Å². The summed E-state index contributed by atoms with van der Waals surface area (Å²) in [6, 6.07) is 5.38. The molecule has 1 aromatic rings. The first kappa shape index (κ1) is 18.7. The number of hydrogen-bond acceptors (Lipinski definition) is 3. The molecular formula is C20H25BN2O3. The largest absolute Gasteiger partial charge is 0.374 e. The Morgan fingerprint density at radius 3 is 2.96 bits per heavy atom. The van der Waals surface area contributed by atoms with E-state index >= 15 is 0 Å². The average Bonchev–Trinajstić information content (AvgIpc) is 2.96. The molecule has 1 aromatic carbocycles. The molecule has 1 fully saturated rings. The molecule has 2 amide bonds. The highest BCUT2D eigenvalue weighted by Crippen LogP contribution is 2.35. The van der Waals surface area contributed by atoms with Crippen molar-refractivity contribution < 1.29 is 14.3 Å². The van der Waals surface area contributed by atoms with Crippen LogP contribution in [0.2, 0.25) is 5.82 Å². The molecule has 3 unspecified atom stereocenters. The second kappa shape index (κ2) is 8.08. The standard InChI is InChI=1S/C20H25BN2O3/c1-3-5-17(19(24)22-4-2)23-11-14-10-13(6-8-16(14)20(23)25)18-9-7-15(21)12-26-18/h4,6,8,10,15,17-18H,2-3,5,7,9,11-12H2,1H3,(H,22,24). The summed E-state index contributed by atoms with van der Waals surface area (Å²) in [6.07, 6.45) is 4.65. The lowest BCUT2D eigenvalue weighted by Crippen LogP contribution is -2.45. The summed E-state index contributed by atoms with van der Waals surface area (Å²) in [5.41, 5.74) is 2.71. The SMILES string of the molecule is [B]C1CCC(c2ccc3c(c2)CN(C(CCC)C(=O)NC=C)C3=O)OC1. The third-order valence-corrected chi connectivity index (χ3v) is 5.13. The van der Waals surface area contributed by atoms with E-state index in [0.29, 0.717) is 25.1 Å². The number of carbonyl (C=O) groups is 2. The third kappa shape index (κ3) is 3.70. The average molecular weight is 352 g/mol. The van der Waals surface area contributed by atoms with Gasteiger partial charge < -0.3 is 15.0 Å². The van der Waals surface area contributed by atoms with Gasteiger partial charge in [0.15, 0.2) is 0 Å². The van der Waals surface area contributed by atoms with Crippen molar-refractivity contribution in [3.63, 3.8) is 0 Å². The van der Waals surface area contributed by atoms with Crippen LogP contribution in [0.15, 0.2) is 31.0 Å². The van der Waals surface area contributed by atoms with Gasteiger partial charge in [0.2, 0.25) is 5.91 Å². The lowest BCUT2D eigenvalue weighted by Gasteiger charge is -2.27. The Morgan fingerprint density at radius 2 is 2.31 bits per heavy atom. The molecule has 2 aliphatic rings. The van der Waals surface area contributed by atoms with Gasteiger partial charge in [0.05, 0.1) is 14.0 Å². The summed E-state index contributed by atoms with van der Waals surface area (Å²) in [4.78, 5) is 26.8. The first-order chi connectivity index (χ1) is 12.5. The molecule has 0 bridgehead atoms. The van der Waals surface area contributed by atoms with E-state index in [2.05, 4.69) is 11.9 Å². The van der Waals surface area contributed by atoms with Crippen LogP contribution in [0.1, 0.15) is 60.2 Å². The van der Waals surface area contributed by atoms with Crippen molar-refractivity contribution in [2.45, 2.75) is 57.1 Å². The Morgan fingerprint density at radius 1 is 1.50 bits per heavy atom. The minimum atomic E-state index is -0.481. The molecule has 2 aliphatic heterocycles. The molecule has 0 aromatic heterocycles. The molecular weight excluding hydrogens is 327 g/mol. The summed E-state index contributed by atoms with van der Waals surface area (Å²) in [7, 11) is 5.90. The van der Waals surface area contributed by atoms with Crippen LogP contribution in [0.3, 0.4) is 0 Å². The predicted molar refractivity (Wildman–Crippen MR) is 101 cm³/mol. The molecule has 1 saturated heterocycles. The Labute approximate surface area is 156 Å². The number of hydrogen-bond donors (Lipinski definition) is 1. The second-order valence-corrected chi connectivity index (χ2v) is 7.03. The van der Waals surface area contributed by atoms with Gasteiger partial charge in [-0.05, 0) is 36.2 Å². The van der Waals surface area contributed by atoms with Gasteiger partial charge in [-0.2, -0.15) is 0 Å². The number of benzene rings is 1. The maximum Gasteiger partial charge on any atom is 0.255 e. The number of ether oxygens (including phenoxy) is 1. The van der Waals surface area contributed by atoms with E-state index in [4.69, 9.17) is 12.6 Å². The Hall–Kier alpha value is -2.08. The number of nitrogens with one attached hydrogen (secondary N) is 1. The van der Waals surface area contributed by atoms with E-state index < -0.39 is 6.04 Å². The highest BCUT2D eigenvalue weighted by Gasteiger charge is 2.36. The number of amides is 2. The van der Waals surface area contributed by atoms with Gasteiger partial charge >= 0.3 is 0 Å². The lowest BCUT2D eigenvalue weighted by atomic mass is 9.81. The summed E-state index contributed by atoms with van der Waals surface area (Å²) >= 11 is 0. The summed E-state index contributed by atoms with van der Waals surface area (Å²) in [5.74, 6) is -0.167. The van der Waals surface area contributed by atoms with Gasteiger partial charge in [0, 0.05) is 18.7 Å². The molecule has 2 radical (unpaired) electrons. The highest BCUT2D eigenvalue weighted by atomic mass is 16.5. The van der Waals surface area contributed by atoms with Gasteiger partial charge in [-0.25, -0.2) is 0 Å². The predicted octanol–water partition coefficient (Wildman–Crippen LogP) is 2.88. The van der Waals surface area contributed by atoms with E-state index in [1.807, 2.05) is 25.1 Å². The Balaban J connectivity index is 1.79. The van der Waals surface area contributed by atoms with Crippen molar-refractivity contribution in [1.82, 2.24) is 10.2 Å². The minimum Gasteiger partial charge on any atom is -0.374 e.